The molecule has 0 aliphatic rings. The molecule has 0 aliphatic heterocycles. The average molecular weight is 508 g/mol. The van der Waals surface area contributed by atoms with Crippen LogP contribution in [0.25, 0.3) is 0 Å². The van der Waals surface area contributed by atoms with Crippen LogP contribution in [0, 0.1) is 0 Å². The number of rotatable bonds is 11. The van der Waals surface area contributed by atoms with Gasteiger partial charge in [-0.1, -0.05) is 50.1 Å². The zero-order valence-corrected chi connectivity index (χ0v) is 22.3. The largest absolute Gasteiger partial charge is 0.458 e. The number of aliphatic hydroxyl groups is 1. The van der Waals surface area contributed by atoms with E-state index in [1.54, 1.807) is 71.9 Å². The first-order chi connectivity index (χ1) is 16.6. The Morgan fingerprint density at radius 1 is 0.917 bits per heavy atom. The van der Waals surface area contributed by atoms with Gasteiger partial charge in [0.25, 0.3) is 5.91 Å². The Bertz CT molecular complexity index is 876. The summed E-state index contributed by atoms with van der Waals surface area (Å²) in [6, 6.07) is 6.61. The highest BCUT2D eigenvalue weighted by atomic mass is 16.6. The van der Waals surface area contributed by atoms with Gasteiger partial charge in [0.1, 0.15) is 11.2 Å². The number of nitrogens with one attached hydrogen (secondary N) is 3. The molecule has 36 heavy (non-hydrogen) atoms. The molecule has 10 heteroatoms. The third-order valence-electron chi connectivity index (χ3n) is 4.72. The topological polar surface area (TPSA) is 143 Å². The summed E-state index contributed by atoms with van der Waals surface area (Å²) in [5.74, 6) is -2.13. The summed E-state index contributed by atoms with van der Waals surface area (Å²) in [5.41, 5.74) is -0.983. The number of ether oxygens (including phenoxy) is 2. The van der Waals surface area contributed by atoms with E-state index in [1.165, 1.54) is 0 Å². The monoisotopic (exact) mass is 507 g/mol. The lowest BCUT2D eigenvalue weighted by Gasteiger charge is -2.26. The van der Waals surface area contributed by atoms with Gasteiger partial charge in [-0.25, -0.2) is 9.59 Å². The maximum atomic E-state index is 12.7. The third-order valence-corrected chi connectivity index (χ3v) is 4.72. The smallest absolute Gasteiger partial charge is 0.407 e. The first kappa shape index (κ1) is 30.9. The zero-order chi connectivity index (χ0) is 27.5. The number of hydrogen-bond donors (Lipinski definition) is 4. The number of benzene rings is 1. The number of unbranched alkanes of at least 4 members (excludes halogenated alkanes) is 1. The van der Waals surface area contributed by atoms with E-state index >= 15 is 0 Å². The zero-order valence-electron chi connectivity index (χ0n) is 22.3. The van der Waals surface area contributed by atoms with E-state index < -0.39 is 59.8 Å². The highest BCUT2D eigenvalue weighted by molar-refractivity contribution is 5.90. The van der Waals surface area contributed by atoms with E-state index in [0.29, 0.717) is 18.4 Å². The Labute approximate surface area is 213 Å². The number of carbonyl (C=O) groups is 4. The van der Waals surface area contributed by atoms with Gasteiger partial charge in [-0.05, 0) is 53.5 Å². The minimum atomic E-state index is -1.60. The Hall–Kier alpha value is -3.14. The second-order valence-electron chi connectivity index (χ2n) is 10.5. The molecule has 1 aromatic carbocycles. The van der Waals surface area contributed by atoms with Crippen LogP contribution in [0.15, 0.2) is 30.3 Å². The molecule has 1 aromatic rings. The van der Waals surface area contributed by atoms with Crippen molar-refractivity contribution in [3.63, 3.8) is 0 Å². The van der Waals surface area contributed by atoms with Crippen molar-refractivity contribution in [2.45, 2.75) is 97.1 Å². The Kier molecular flexibility index (Phi) is 11.9. The Morgan fingerprint density at radius 2 is 1.50 bits per heavy atom. The second-order valence-corrected chi connectivity index (χ2v) is 10.5. The maximum Gasteiger partial charge on any atom is 0.407 e. The van der Waals surface area contributed by atoms with Crippen LogP contribution in [-0.4, -0.2) is 58.9 Å². The standard InChI is InChI=1S/C26H41N3O7/c1-8-9-15-18(28-24(34)36-26(5,6)7)21(31)22(32)27-16-19(30)29-20(17-13-11-10-12-14-17)23(33)35-25(2,3)4/h10-14,18,20-21,31H,8-9,15-16H2,1-7H3,(H,27,32)(H,28,34)(H,29,30)/t18?,20-,21?/m0/s1. The van der Waals surface area contributed by atoms with Crippen molar-refractivity contribution < 1.29 is 33.8 Å². The van der Waals surface area contributed by atoms with Crippen molar-refractivity contribution in [2.75, 3.05) is 6.54 Å². The van der Waals surface area contributed by atoms with Gasteiger partial charge in [0, 0.05) is 0 Å². The molecule has 0 fully saturated rings. The van der Waals surface area contributed by atoms with E-state index in [1.807, 2.05) is 6.92 Å². The summed E-state index contributed by atoms with van der Waals surface area (Å²) in [5, 5.41) is 18.0. The minimum absolute atomic E-state index is 0.339. The maximum absolute atomic E-state index is 12.7. The normalized spacial score (nSPS) is 14.1. The van der Waals surface area contributed by atoms with Crippen molar-refractivity contribution in [2.24, 2.45) is 0 Å². The molecule has 0 saturated carbocycles. The van der Waals surface area contributed by atoms with Gasteiger partial charge in [0.2, 0.25) is 5.91 Å². The fourth-order valence-corrected chi connectivity index (χ4v) is 3.14. The molecule has 10 nitrogen and oxygen atoms in total. The number of amides is 3. The molecule has 0 bridgehead atoms. The number of esters is 1. The minimum Gasteiger partial charge on any atom is -0.458 e. The van der Waals surface area contributed by atoms with Crippen LogP contribution in [0.3, 0.4) is 0 Å². The molecule has 2 unspecified atom stereocenters. The van der Waals surface area contributed by atoms with Gasteiger partial charge in [0.15, 0.2) is 12.1 Å². The van der Waals surface area contributed by atoms with Crippen LogP contribution in [0.5, 0.6) is 0 Å². The van der Waals surface area contributed by atoms with Crippen molar-refractivity contribution in [1.29, 1.82) is 0 Å². The Morgan fingerprint density at radius 3 is 2.03 bits per heavy atom. The molecule has 0 heterocycles. The molecule has 0 saturated heterocycles. The summed E-state index contributed by atoms with van der Waals surface area (Å²) in [6.45, 7) is 11.7. The van der Waals surface area contributed by atoms with Crippen LogP contribution >= 0.6 is 0 Å². The van der Waals surface area contributed by atoms with Crippen LogP contribution in [0.2, 0.25) is 0 Å². The summed E-state index contributed by atoms with van der Waals surface area (Å²) in [7, 11) is 0. The summed E-state index contributed by atoms with van der Waals surface area (Å²) >= 11 is 0. The van der Waals surface area contributed by atoms with Gasteiger partial charge in [0.05, 0.1) is 12.6 Å². The Balaban J connectivity index is 2.81. The lowest BCUT2D eigenvalue weighted by Crippen LogP contribution is -2.53. The predicted octanol–water partition coefficient (Wildman–Crippen LogP) is 2.75. The first-order valence-electron chi connectivity index (χ1n) is 12.2. The van der Waals surface area contributed by atoms with E-state index in [0.717, 1.165) is 6.42 Å². The fourth-order valence-electron chi connectivity index (χ4n) is 3.14. The van der Waals surface area contributed by atoms with Crippen LogP contribution in [0.1, 0.15) is 79.3 Å². The molecule has 0 aromatic heterocycles. The van der Waals surface area contributed by atoms with Crippen molar-refractivity contribution in [3.8, 4) is 0 Å². The van der Waals surface area contributed by atoms with Gasteiger partial charge in [-0.15, -0.1) is 0 Å². The lowest BCUT2D eigenvalue weighted by molar-refractivity contribution is -0.158. The van der Waals surface area contributed by atoms with Crippen LogP contribution in [0.4, 0.5) is 4.79 Å². The highest BCUT2D eigenvalue weighted by Gasteiger charge is 2.31. The van der Waals surface area contributed by atoms with E-state index in [9.17, 15) is 24.3 Å². The van der Waals surface area contributed by atoms with Crippen molar-refractivity contribution in [1.82, 2.24) is 16.0 Å². The quantitative estimate of drug-likeness (QED) is 0.337. The molecular formula is C26H41N3O7. The van der Waals surface area contributed by atoms with Crippen LogP contribution < -0.4 is 16.0 Å². The van der Waals surface area contributed by atoms with E-state index in [2.05, 4.69) is 16.0 Å². The molecule has 4 N–H and O–H groups in total. The highest BCUT2D eigenvalue weighted by Crippen LogP contribution is 2.18. The molecular weight excluding hydrogens is 466 g/mol. The lowest BCUT2D eigenvalue weighted by atomic mass is 10.0. The summed E-state index contributed by atoms with van der Waals surface area (Å²) in [6.07, 6.45) is -0.580. The van der Waals surface area contributed by atoms with Gasteiger partial charge in [-0.3, -0.25) is 9.59 Å². The SMILES string of the molecule is CCCCC(NC(=O)OC(C)(C)C)C(O)C(=O)NCC(=O)N[C@H](C(=O)OC(C)(C)C)c1ccccc1. The molecule has 0 aliphatic carbocycles. The van der Waals surface area contributed by atoms with Crippen molar-refractivity contribution >= 4 is 23.9 Å². The molecule has 0 radical (unpaired) electrons. The van der Waals surface area contributed by atoms with Gasteiger partial charge >= 0.3 is 12.1 Å². The first-order valence-corrected chi connectivity index (χ1v) is 12.2. The van der Waals surface area contributed by atoms with E-state index in [-0.39, 0.29) is 0 Å². The third kappa shape index (κ3) is 12.0. The molecule has 1 rings (SSSR count). The fraction of sp³-hybridized carbons (Fsp3) is 0.615. The summed E-state index contributed by atoms with van der Waals surface area (Å²) in [4.78, 5) is 50.0. The second kappa shape index (κ2) is 13.8. The number of alkyl carbamates (subject to hydrolysis) is 1. The number of carbonyl (C=O) groups excluding carboxylic acids is 4. The molecule has 0 spiro atoms. The van der Waals surface area contributed by atoms with Gasteiger partial charge in [-0.2, -0.15) is 0 Å². The number of hydrogen-bond acceptors (Lipinski definition) is 7. The molecule has 202 valence electrons. The molecule has 3 atom stereocenters. The summed E-state index contributed by atoms with van der Waals surface area (Å²) < 4.78 is 10.6. The van der Waals surface area contributed by atoms with Crippen molar-refractivity contribution in [3.05, 3.63) is 35.9 Å². The van der Waals surface area contributed by atoms with E-state index in [4.69, 9.17) is 9.47 Å². The average Bonchev–Trinajstić information content (AvgIpc) is 2.76. The predicted molar refractivity (Wildman–Crippen MR) is 135 cm³/mol. The molecule has 3 amide bonds. The van der Waals surface area contributed by atoms with Gasteiger partial charge < -0.3 is 30.5 Å². The number of aliphatic hydroxyl groups excluding tert-OH is 1. The van der Waals surface area contributed by atoms with Crippen LogP contribution in [-0.2, 0) is 23.9 Å².